The molecule has 0 fully saturated rings. The number of nitrogens with zero attached hydrogens (tertiary/aromatic N) is 2. The van der Waals surface area contributed by atoms with E-state index in [0.29, 0.717) is 12.4 Å². The van der Waals surface area contributed by atoms with Crippen molar-refractivity contribution in [3.05, 3.63) is 24.7 Å². The average Bonchev–Trinajstić information content (AvgIpc) is 2.48. The molecule has 1 rings (SSSR count). The number of rotatable bonds is 4. The van der Waals surface area contributed by atoms with Gasteiger partial charge in [0.25, 0.3) is 9.05 Å². The predicted molar refractivity (Wildman–Crippen MR) is 59.6 cm³/mol. The summed E-state index contributed by atoms with van der Waals surface area (Å²) in [5, 5.41) is -0.102. The molecule has 0 spiro atoms. The number of allylic oxidation sites excluding steroid dienone is 1. The standard InChI is InChI=1S/C9H13ClN2O2S/c1-4-5-12-6-8(15(10,13)14)11-9(12)7(2)3/h4,6-7H,1,5H2,2-3H3. The highest BCUT2D eigenvalue weighted by Crippen LogP contribution is 2.19. The Kier molecular flexibility index (Phi) is 3.57. The van der Waals surface area contributed by atoms with Crippen LogP contribution in [0, 0.1) is 0 Å². The molecule has 0 radical (unpaired) electrons. The zero-order valence-corrected chi connectivity index (χ0v) is 10.2. The first-order chi connectivity index (χ1) is 6.86. The summed E-state index contributed by atoms with van der Waals surface area (Å²) in [5.41, 5.74) is 0. The minimum absolute atomic E-state index is 0.102. The first-order valence-corrected chi connectivity index (χ1v) is 6.79. The van der Waals surface area contributed by atoms with Crippen LogP contribution in [-0.2, 0) is 15.6 Å². The van der Waals surface area contributed by atoms with Gasteiger partial charge in [-0.2, -0.15) is 0 Å². The summed E-state index contributed by atoms with van der Waals surface area (Å²) in [6.45, 7) is 7.99. The van der Waals surface area contributed by atoms with E-state index in [-0.39, 0.29) is 10.9 Å². The Bertz CT molecular complexity index is 462. The fourth-order valence-electron chi connectivity index (χ4n) is 1.27. The molecule has 1 aromatic heterocycles. The fourth-order valence-corrected chi connectivity index (χ4v) is 1.95. The fraction of sp³-hybridized carbons (Fsp3) is 0.444. The first kappa shape index (κ1) is 12.3. The molecule has 0 atom stereocenters. The van der Waals surface area contributed by atoms with Gasteiger partial charge in [-0.3, -0.25) is 0 Å². The second-order valence-electron chi connectivity index (χ2n) is 3.47. The summed E-state index contributed by atoms with van der Waals surface area (Å²) >= 11 is 0. The second-order valence-corrected chi connectivity index (χ2v) is 5.98. The molecule has 1 aromatic rings. The molecule has 15 heavy (non-hydrogen) atoms. The molecule has 4 nitrogen and oxygen atoms in total. The van der Waals surface area contributed by atoms with E-state index in [0.717, 1.165) is 0 Å². The summed E-state index contributed by atoms with van der Waals surface area (Å²) in [4.78, 5) is 3.99. The van der Waals surface area contributed by atoms with E-state index < -0.39 is 9.05 Å². The Morgan fingerprint density at radius 2 is 2.27 bits per heavy atom. The van der Waals surface area contributed by atoms with E-state index in [1.54, 1.807) is 10.6 Å². The first-order valence-electron chi connectivity index (χ1n) is 4.49. The molecule has 0 amide bonds. The third-order valence-corrected chi connectivity index (χ3v) is 3.05. The monoisotopic (exact) mass is 248 g/mol. The van der Waals surface area contributed by atoms with E-state index in [2.05, 4.69) is 11.6 Å². The maximum absolute atomic E-state index is 11.1. The lowest BCUT2D eigenvalue weighted by atomic mass is 10.2. The van der Waals surface area contributed by atoms with Crippen molar-refractivity contribution in [3.63, 3.8) is 0 Å². The molecular weight excluding hydrogens is 236 g/mol. The highest BCUT2D eigenvalue weighted by atomic mass is 35.7. The molecule has 0 aliphatic rings. The van der Waals surface area contributed by atoms with Crippen molar-refractivity contribution in [2.75, 3.05) is 0 Å². The molecule has 0 aromatic carbocycles. The molecule has 1 heterocycles. The van der Waals surface area contributed by atoms with E-state index in [1.807, 2.05) is 13.8 Å². The molecule has 0 aliphatic carbocycles. The number of aromatic nitrogens is 2. The van der Waals surface area contributed by atoms with Crippen molar-refractivity contribution >= 4 is 19.7 Å². The van der Waals surface area contributed by atoms with E-state index in [1.165, 1.54) is 6.20 Å². The van der Waals surface area contributed by atoms with E-state index in [4.69, 9.17) is 10.7 Å². The van der Waals surface area contributed by atoms with Crippen molar-refractivity contribution in [3.8, 4) is 0 Å². The van der Waals surface area contributed by atoms with Crippen LogP contribution < -0.4 is 0 Å². The highest BCUT2D eigenvalue weighted by molar-refractivity contribution is 8.13. The quantitative estimate of drug-likeness (QED) is 0.606. The van der Waals surface area contributed by atoms with Gasteiger partial charge in [-0.1, -0.05) is 19.9 Å². The van der Waals surface area contributed by atoms with Gasteiger partial charge in [0.05, 0.1) is 0 Å². The summed E-state index contributed by atoms with van der Waals surface area (Å²) in [5.74, 6) is 0.825. The van der Waals surface area contributed by atoms with Crippen LogP contribution in [0.2, 0.25) is 0 Å². The minimum atomic E-state index is -3.75. The number of hydrogen-bond acceptors (Lipinski definition) is 3. The van der Waals surface area contributed by atoms with Gasteiger partial charge in [-0.05, 0) is 0 Å². The molecule has 6 heteroatoms. The smallest absolute Gasteiger partial charge is 0.280 e. The third kappa shape index (κ3) is 2.82. The Morgan fingerprint density at radius 1 is 1.67 bits per heavy atom. The van der Waals surface area contributed by atoms with Gasteiger partial charge in [-0.25, -0.2) is 13.4 Å². The lowest BCUT2D eigenvalue weighted by Gasteiger charge is -2.06. The van der Waals surface area contributed by atoms with Gasteiger partial charge in [0.15, 0.2) is 5.03 Å². The molecule has 0 bridgehead atoms. The summed E-state index contributed by atoms with van der Waals surface area (Å²) in [6.07, 6.45) is 3.11. The molecule has 0 N–H and O–H groups in total. The summed E-state index contributed by atoms with van der Waals surface area (Å²) < 4.78 is 23.9. The topological polar surface area (TPSA) is 52.0 Å². The van der Waals surface area contributed by atoms with Gasteiger partial charge in [0, 0.05) is 29.3 Å². The maximum Gasteiger partial charge on any atom is 0.280 e. The predicted octanol–water partition coefficient (Wildman–Crippen LogP) is 2.12. The highest BCUT2D eigenvalue weighted by Gasteiger charge is 2.18. The van der Waals surface area contributed by atoms with Gasteiger partial charge >= 0.3 is 0 Å². The van der Waals surface area contributed by atoms with Gasteiger partial charge in [-0.15, -0.1) is 6.58 Å². The molecular formula is C9H13ClN2O2S. The van der Waals surface area contributed by atoms with Gasteiger partial charge in [0.2, 0.25) is 0 Å². The third-order valence-electron chi connectivity index (χ3n) is 1.88. The van der Waals surface area contributed by atoms with Crippen molar-refractivity contribution < 1.29 is 8.42 Å². The van der Waals surface area contributed by atoms with Crippen LogP contribution >= 0.6 is 10.7 Å². The van der Waals surface area contributed by atoms with Crippen LogP contribution in [0.1, 0.15) is 25.6 Å². The summed E-state index contributed by atoms with van der Waals surface area (Å²) in [7, 11) is 1.47. The molecule has 0 aliphatic heterocycles. The number of hydrogen-bond donors (Lipinski definition) is 0. The van der Waals surface area contributed by atoms with Crippen LogP contribution in [0.15, 0.2) is 23.9 Å². The van der Waals surface area contributed by atoms with Crippen LogP contribution in [0.5, 0.6) is 0 Å². The Labute approximate surface area is 94.0 Å². The van der Waals surface area contributed by atoms with Crippen molar-refractivity contribution in [1.29, 1.82) is 0 Å². The van der Waals surface area contributed by atoms with Gasteiger partial charge in [0.1, 0.15) is 5.82 Å². The van der Waals surface area contributed by atoms with Crippen molar-refractivity contribution in [2.24, 2.45) is 0 Å². The summed E-state index contributed by atoms with van der Waals surface area (Å²) in [6, 6.07) is 0. The van der Waals surface area contributed by atoms with Crippen LogP contribution in [0.4, 0.5) is 0 Å². The van der Waals surface area contributed by atoms with Crippen LogP contribution in [0.25, 0.3) is 0 Å². The largest absolute Gasteiger partial charge is 0.329 e. The zero-order valence-electron chi connectivity index (χ0n) is 8.64. The number of imidazole rings is 1. The Balaban J connectivity index is 3.27. The van der Waals surface area contributed by atoms with Crippen molar-refractivity contribution in [2.45, 2.75) is 31.3 Å². The Hall–Kier alpha value is -0.810. The molecule has 0 saturated carbocycles. The lowest BCUT2D eigenvalue weighted by Crippen LogP contribution is -2.02. The van der Waals surface area contributed by atoms with Crippen molar-refractivity contribution in [1.82, 2.24) is 9.55 Å². The maximum atomic E-state index is 11.1. The molecule has 0 saturated heterocycles. The second kappa shape index (κ2) is 4.37. The Morgan fingerprint density at radius 3 is 2.67 bits per heavy atom. The normalized spacial score (nSPS) is 12.0. The average molecular weight is 249 g/mol. The van der Waals surface area contributed by atoms with Crippen LogP contribution in [0.3, 0.4) is 0 Å². The zero-order chi connectivity index (χ0) is 11.6. The minimum Gasteiger partial charge on any atom is -0.329 e. The van der Waals surface area contributed by atoms with Crippen LogP contribution in [-0.4, -0.2) is 18.0 Å². The molecule has 84 valence electrons. The van der Waals surface area contributed by atoms with E-state index >= 15 is 0 Å². The van der Waals surface area contributed by atoms with Gasteiger partial charge < -0.3 is 4.57 Å². The molecule has 0 unspecified atom stereocenters. The lowest BCUT2D eigenvalue weighted by molar-refractivity contribution is 0.606. The van der Waals surface area contributed by atoms with E-state index in [9.17, 15) is 8.42 Å². The number of halogens is 1. The SMILES string of the molecule is C=CCn1cc(S(=O)(=O)Cl)nc1C(C)C.